The van der Waals surface area contributed by atoms with Gasteiger partial charge in [-0.25, -0.2) is 0 Å². The molecule has 8 atom stereocenters. The zero-order chi connectivity index (χ0) is 20.3. The van der Waals surface area contributed by atoms with Gasteiger partial charge in [-0.2, -0.15) is 0 Å². The lowest BCUT2D eigenvalue weighted by Gasteiger charge is -2.62. The Hall–Kier alpha value is -1.06. The Morgan fingerprint density at radius 3 is 2.54 bits per heavy atom. The van der Waals surface area contributed by atoms with E-state index >= 15 is 0 Å². The molecule has 158 valence electrons. The highest BCUT2D eigenvalue weighted by Crippen LogP contribution is 2.67. The first-order valence-electron chi connectivity index (χ1n) is 11.6. The molecule has 3 aliphatic carbocycles. The Morgan fingerprint density at radius 2 is 1.82 bits per heavy atom. The lowest BCUT2D eigenvalue weighted by Crippen LogP contribution is -2.61. The van der Waals surface area contributed by atoms with E-state index < -0.39 is 0 Å². The first-order chi connectivity index (χ1) is 13.2. The Labute approximate surface area is 170 Å². The minimum Gasteiger partial charge on any atom is -0.466 e. The van der Waals surface area contributed by atoms with Crippen molar-refractivity contribution in [3.05, 3.63) is 0 Å². The minimum absolute atomic E-state index is 0.155. The molecule has 0 bridgehead atoms. The van der Waals surface area contributed by atoms with Gasteiger partial charge in [0.15, 0.2) is 0 Å². The van der Waals surface area contributed by atoms with Crippen molar-refractivity contribution < 1.29 is 14.3 Å². The first kappa shape index (κ1) is 20.2. The number of carbonyl (C=O) groups is 2. The molecule has 1 heterocycles. The van der Waals surface area contributed by atoms with E-state index in [2.05, 4.69) is 25.7 Å². The van der Waals surface area contributed by atoms with Gasteiger partial charge in [0, 0.05) is 26.4 Å². The van der Waals surface area contributed by atoms with Crippen molar-refractivity contribution in [2.75, 3.05) is 13.7 Å². The van der Waals surface area contributed by atoms with Gasteiger partial charge in [-0.1, -0.05) is 20.8 Å². The highest BCUT2D eigenvalue weighted by atomic mass is 16.5. The van der Waals surface area contributed by atoms with Gasteiger partial charge < -0.3 is 9.64 Å². The molecule has 0 spiro atoms. The molecule has 1 saturated heterocycles. The van der Waals surface area contributed by atoms with Crippen LogP contribution in [0.15, 0.2) is 0 Å². The number of esters is 1. The summed E-state index contributed by atoms with van der Waals surface area (Å²) in [5.74, 6) is 3.69. The first-order valence-corrected chi connectivity index (χ1v) is 11.6. The topological polar surface area (TPSA) is 46.6 Å². The summed E-state index contributed by atoms with van der Waals surface area (Å²) in [6.45, 7) is 9.41. The molecule has 4 nitrogen and oxygen atoms in total. The molecule has 4 fully saturated rings. The number of nitrogens with zero attached hydrogens (tertiary/aromatic N) is 1. The van der Waals surface area contributed by atoms with Crippen molar-refractivity contribution in [2.24, 2.45) is 40.4 Å². The molecule has 3 saturated carbocycles. The molecular formula is C24H39NO3. The monoisotopic (exact) mass is 389 g/mol. The van der Waals surface area contributed by atoms with Crippen molar-refractivity contribution in [2.45, 2.75) is 85.1 Å². The zero-order valence-electron chi connectivity index (χ0n) is 18.5. The van der Waals surface area contributed by atoms with Crippen LogP contribution in [-0.4, -0.2) is 36.5 Å². The molecule has 4 aliphatic rings. The van der Waals surface area contributed by atoms with Gasteiger partial charge in [-0.3, -0.25) is 9.59 Å². The van der Waals surface area contributed by atoms with Crippen molar-refractivity contribution in [1.82, 2.24) is 4.90 Å². The third-order valence-corrected chi connectivity index (χ3v) is 9.87. The van der Waals surface area contributed by atoms with Gasteiger partial charge in [-0.15, -0.1) is 0 Å². The zero-order valence-corrected chi connectivity index (χ0v) is 18.5. The number of hydrogen-bond donors (Lipinski definition) is 0. The SMILES string of the molecule is CC(=O)OCC(C)[C@H]1CC[C@H]2[C@@H]3CCC4N(C)C(=O)CC[C@]4(C)[C@H]3CC[C@]12C. The van der Waals surface area contributed by atoms with Crippen LogP contribution in [-0.2, 0) is 14.3 Å². The molecule has 0 N–H and O–H groups in total. The third kappa shape index (κ3) is 2.92. The average molecular weight is 390 g/mol. The lowest BCUT2D eigenvalue weighted by molar-refractivity contribution is -0.159. The number of amides is 1. The normalized spacial score (nSPS) is 46.4. The quantitative estimate of drug-likeness (QED) is 0.659. The Balaban J connectivity index is 1.53. The molecule has 2 unspecified atom stereocenters. The largest absolute Gasteiger partial charge is 0.466 e. The van der Waals surface area contributed by atoms with Crippen molar-refractivity contribution in [3.63, 3.8) is 0 Å². The minimum atomic E-state index is -0.155. The van der Waals surface area contributed by atoms with E-state index in [4.69, 9.17) is 4.74 Å². The summed E-state index contributed by atoms with van der Waals surface area (Å²) in [4.78, 5) is 25.7. The molecule has 28 heavy (non-hydrogen) atoms. The second-order valence-corrected chi connectivity index (χ2v) is 11.0. The molecule has 0 aromatic rings. The highest BCUT2D eigenvalue weighted by Gasteiger charge is 2.61. The molecule has 0 aromatic heterocycles. The maximum atomic E-state index is 12.3. The predicted octanol–water partition coefficient (Wildman–Crippen LogP) is 4.67. The lowest BCUT2D eigenvalue weighted by atomic mass is 9.46. The molecule has 4 rings (SSSR count). The average Bonchev–Trinajstić information content (AvgIpc) is 3.00. The number of likely N-dealkylation sites (tertiary alicyclic amines) is 1. The summed E-state index contributed by atoms with van der Waals surface area (Å²) < 4.78 is 5.38. The summed E-state index contributed by atoms with van der Waals surface area (Å²) in [6, 6.07) is 0.444. The van der Waals surface area contributed by atoms with Crippen molar-refractivity contribution in [3.8, 4) is 0 Å². The summed E-state index contributed by atoms with van der Waals surface area (Å²) in [5, 5.41) is 0. The number of hydrogen-bond acceptors (Lipinski definition) is 3. The van der Waals surface area contributed by atoms with Gasteiger partial charge in [-0.05, 0) is 85.4 Å². The molecule has 4 heteroatoms. The fourth-order valence-corrected chi connectivity index (χ4v) is 8.49. The second kappa shape index (κ2) is 7.02. The van der Waals surface area contributed by atoms with Crippen LogP contribution in [0.1, 0.15) is 79.1 Å². The summed E-state index contributed by atoms with van der Waals surface area (Å²) in [5.41, 5.74) is 0.689. The van der Waals surface area contributed by atoms with Crippen molar-refractivity contribution >= 4 is 11.9 Å². The number of piperidine rings is 1. The van der Waals surface area contributed by atoms with E-state index in [1.807, 2.05) is 7.05 Å². The third-order valence-electron chi connectivity index (χ3n) is 9.87. The Kier molecular flexibility index (Phi) is 5.07. The Morgan fingerprint density at radius 1 is 1.11 bits per heavy atom. The highest BCUT2D eigenvalue weighted by molar-refractivity contribution is 5.77. The summed E-state index contributed by atoms with van der Waals surface area (Å²) >= 11 is 0. The fourth-order valence-electron chi connectivity index (χ4n) is 8.49. The van der Waals surface area contributed by atoms with Gasteiger partial charge in [0.25, 0.3) is 0 Å². The summed E-state index contributed by atoms with van der Waals surface area (Å²) in [7, 11) is 2.04. The number of carbonyl (C=O) groups excluding carboxylic acids is 2. The maximum Gasteiger partial charge on any atom is 0.302 e. The molecule has 1 amide bonds. The maximum absolute atomic E-state index is 12.3. The van der Waals surface area contributed by atoms with Gasteiger partial charge in [0.2, 0.25) is 5.91 Å². The van der Waals surface area contributed by atoms with E-state index in [1.54, 1.807) is 0 Å². The van der Waals surface area contributed by atoms with E-state index in [-0.39, 0.29) is 5.97 Å². The van der Waals surface area contributed by atoms with Crippen LogP contribution in [0.4, 0.5) is 0 Å². The van der Waals surface area contributed by atoms with Crippen LogP contribution in [0.5, 0.6) is 0 Å². The number of rotatable bonds is 3. The number of fused-ring (bicyclic) bond motifs is 5. The van der Waals surface area contributed by atoms with Crippen LogP contribution >= 0.6 is 0 Å². The van der Waals surface area contributed by atoms with Crippen LogP contribution < -0.4 is 0 Å². The summed E-state index contributed by atoms with van der Waals surface area (Å²) in [6.07, 6.45) is 9.51. The van der Waals surface area contributed by atoms with Crippen LogP contribution in [0.25, 0.3) is 0 Å². The van der Waals surface area contributed by atoms with Gasteiger partial charge >= 0.3 is 5.97 Å². The van der Waals surface area contributed by atoms with Crippen LogP contribution in [0.3, 0.4) is 0 Å². The molecular weight excluding hydrogens is 350 g/mol. The fraction of sp³-hybridized carbons (Fsp3) is 0.917. The van der Waals surface area contributed by atoms with E-state index in [0.29, 0.717) is 41.2 Å². The van der Waals surface area contributed by atoms with E-state index in [9.17, 15) is 9.59 Å². The molecule has 1 aliphatic heterocycles. The van der Waals surface area contributed by atoms with Crippen molar-refractivity contribution in [1.29, 1.82) is 0 Å². The predicted molar refractivity (Wildman–Crippen MR) is 109 cm³/mol. The molecule has 0 radical (unpaired) electrons. The van der Waals surface area contributed by atoms with Crippen LogP contribution in [0.2, 0.25) is 0 Å². The van der Waals surface area contributed by atoms with Gasteiger partial charge in [0.05, 0.1) is 6.61 Å². The standard InChI is InChI=1S/C24H39NO3/c1-15(14-28-16(2)26)18-7-8-19-17-6-9-21-24(4,13-11-22(27)25(21)5)20(17)10-12-23(18,19)3/h15,17-21H,6-14H2,1-5H3/t15?,17-,18+,19-,20-,21?,23+,24+/m0/s1. The van der Waals surface area contributed by atoms with E-state index in [0.717, 1.165) is 30.6 Å². The second-order valence-electron chi connectivity index (χ2n) is 11.0. The molecule has 0 aromatic carbocycles. The Bertz CT molecular complexity index is 648. The van der Waals surface area contributed by atoms with E-state index in [1.165, 1.54) is 45.4 Å². The number of ether oxygens (including phenoxy) is 1. The van der Waals surface area contributed by atoms with Crippen LogP contribution in [0, 0.1) is 40.4 Å². The smallest absolute Gasteiger partial charge is 0.302 e. The van der Waals surface area contributed by atoms with Gasteiger partial charge in [0.1, 0.15) is 0 Å².